The fraction of sp³-hybridized carbons (Fsp3) is 0.227. The largest absolute Gasteiger partial charge is 0.378 e. The van der Waals surface area contributed by atoms with Crippen LogP contribution in [0.2, 0.25) is 0 Å². The molecule has 4 rings (SSSR count). The molecule has 1 aliphatic rings. The number of hydrogen-bond acceptors (Lipinski definition) is 6. The molecule has 0 aliphatic carbocycles. The minimum atomic E-state index is -0.345. The molecule has 0 spiro atoms. The molecule has 1 fully saturated rings. The van der Waals surface area contributed by atoms with E-state index in [0.717, 1.165) is 59.0 Å². The smallest absolute Gasteiger partial charge is 0.227 e. The number of ether oxygens (including phenoxy) is 1. The molecule has 0 bridgehead atoms. The van der Waals surface area contributed by atoms with Crippen LogP contribution < -0.4 is 16.0 Å². The first kappa shape index (κ1) is 20.3. The van der Waals surface area contributed by atoms with Gasteiger partial charge in [0.1, 0.15) is 0 Å². The monoisotopic (exact) mass is 467 g/mol. The van der Waals surface area contributed by atoms with Crippen molar-refractivity contribution < 1.29 is 9.53 Å². The molecule has 154 valence electrons. The maximum absolute atomic E-state index is 11.1. The van der Waals surface area contributed by atoms with E-state index in [0.29, 0.717) is 5.95 Å². The number of primary amides is 1. The molecule has 3 N–H and O–H groups in total. The van der Waals surface area contributed by atoms with Crippen LogP contribution >= 0.6 is 15.9 Å². The summed E-state index contributed by atoms with van der Waals surface area (Å²) in [5, 5.41) is 3.27. The van der Waals surface area contributed by atoms with Gasteiger partial charge < -0.3 is 20.7 Å². The number of rotatable bonds is 6. The standard InChI is InChI=1S/C22H22BrN5O2/c23-18-14-17(5-6-20(18)28-9-11-30-12-10-28)26-22-25-8-7-19(27-22)16-3-1-15(2-4-16)13-21(24)29/h1-8,14H,9-13H2,(H2,24,29)(H,25,26,27). The molecule has 7 nitrogen and oxygen atoms in total. The Kier molecular flexibility index (Phi) is 6.25. The van der Waals surface area contributed by atoms with Gasteiger partial charge >= 0.3 is 0 Å². The molecule has 2 heterocycles. The topological polar surface area (TPSA) is 93.4 Å². The third-order valence-corrected chi connectivity index (χ3v) is 5.47. The fourth-order valence-electron chi connectivity index (χ4n) is 3.35. The average Bonchev–Trinajstić information content (AvgIpc) is 2.75. The van der Waals surface area contributed by atoms with Crippen LogP contribution in [0.1, 0.15) is 5.56 Å². The van der Waals surface area contributed by atoms with E-state index in [1.54, 1.807) is 6.20 Å². The quantitative estimate of drug-likeness (QED) is 0.575. The number of nitrogens with one attached hydrogen (secondary N) is 1. The number of benzene rings is 2. The van der Waals surface area contributed by atoms with Crippen molar-refractivity contribution in [2.75, 3.05) is 36.5 Å². The van der Waals surface area contributed by atoms with Crippen LogP contribution in [-0.4, -0.2) is 42.2 Å². The van der Waals surface area contributed by atoms with Gasteiger partial charge in [0, 0.05) is 35.0 Å². The normalized spacial score (nSPS) is 13.8. The highest BCUT2D eigenvalue weighted by atomic mass is 79.9. The maximum Gasteiger partial charge on any atom is 0.227 e. The van der Waals surface area contributed by atoms with Gasteiger partial charge in [-0.3, -0.25) is 4.79 Å². The summed E-state index contributed by atoms with van der Waals surface area (Å²) in [7, 11) is 0. The highest BCUT2D eigenvalue weighted by molar-refractivity contribution is 9.10. The summed E-state index contributed by atoms with van der Waals surface area (Å²) in [6, 6.07) is 15.6. The SMILES string of the molecule is NC(=O)Cc1ccc(-c2ccnc(Nc3ccc(N4CCOCC4)c(Br)c3)n2)cc1. The lowest BCUT2D eigenvalue weighted by atomic mass is 10.1. The van der Waals surface area contributed by atoms with Gasteiger partial charge in [0.05, 0.1) is 31.0 Å². The molecule has 0 atom stereocenters. The maximum atomic E-state index is 11.1. The molecule has 1 amide bonds. The van der Waals surface area contributed by atoms with Crippen molar-refractivity contribution in [3.63, 3.8) is 0 Å². The van der Waals surface area contributed by atoms with E-state index in [4.69, 9.17) is 10.5 Å². The van der Waals surface area contributed by atoms with Crippen LogP contribution in [0.15, 0.2) is 59.2 Å². The Morgan fingerprint density at radius 1 is 1.13 bits per heavy atom. The fourth-order valence-corrected chi connectivity index (χ4v) is 3.98. The van der Waals surface area contributed by atoms with Gasteiger partial charge in [0.2, 0.25) is 11.9 Å². The molecule has 1 aromatic heterocycles. The first-order valence-corrected chi connectivity index (χ1v) is 10.5. The Labute approximate surface area is 183 Å². The summed E-state index contributed by atoms with van der Waals surface area (Å²) < 4.78 is 6.44. The number of amides is 1. The van der Waals surface area contributed by atoms with Gasteiger partial charge in [-0.25, -0.2) is 9.97 Å². The van der Waals surface area contributed by atoms with Gasteiger partial charge in [-0.2, -0.15) is 0 Å². The van der Waals surface area contributed by atoms with E-state index in [9.17, 15) is 4.79 Å². The number of nitrogens with zero attached hydrogens (tertiary/aromatic N) is 3. The Morgan fingerprint density at radius 3 is 2.60 bits per heavy atom. The van der Waals surface area contributed by atoms with Crippen LogP contribution in [0.4, 0.5) is 17.3 Å². The van der Waals surface area contributed by atoms with Gasteiger partial charge in [-0.1, -0.05) is 24.3 Å². The zero-order valence-electron chi connectivity index (χ0n) is 16.3. The molecule has 1 saturated heterocycles. The number of anilines is 3. The highest BCUT2D eigenvalue weighted by Gasteiger charge is 2.14. The van der Waals surface area contributed by atoms with Crippen LogP contribution in [-0.2, 0) is 16.0 Å². The number of carbonyl (C=O) groups excluding carboxylic acids is 1. The van der Waals surface area contributed by atoms with Crippen LogP contribution in [0.25, 0.3) is 11.3 Å². The van der Waals surface area contributed by atoms with Crippen LogP contribution in [0.5, 0.6) is 0 Å². The Balaban J connectivity index is 1.49. The first-order chi connectivity index (χ1) is 14.6. The number of halogens is 1. The van der Waals surface area contributed by atoms with Gasteiger partial charge in [-0.05, 0) is 45.8 Å². The molecule has 3 aromatic rings. The number of aromatic nitrogens is 2. The first-order valence-electron chi connectivity index (χ1n) is 9.68. The Bertz CT molecular complexity index is 1040. The summed E-state index contributed by atoms with van der Waals surface area (Å²) in [5.74, 6) is 0.168. The molecular weight excluding hydrogens is 446 g/mol. The van der Waals surface area contributed by atoms with Crippen molar-refractivity contribution in [3.8, 4) is 11.3 Å². The van der Waals surface area contributed by atoms with E-state index < -0.39 is 0 Å². The second kappa shape index (κ2) is 9.23. The number of morpholine rings is 1. The van der Waals surface area contributed by atoms with Gasteiger partial charge in [0.15, 0.2) is 0 Å². The molecular formula is C22H22BrN5O2. The molecule has 8 heteroatoms. The minimum absolute atomic E-state index is 0.228. The minimum Gasteiger partial charge on any atom is -0.378 e. The molecule has 2 aromatic carbocycles. The molecule has 0 saturated carbocycles. The van der Waals surface area contributed by atoms with Crippen molar-refractivity contribution in [2.45, 2.75) is 6.42 Å². The lowest BCUT2D eigenvalue weighted by molar-refractivity contribution is -0.117. The predicted octanol–water partition coefficient (Wildman–Crippen LogP) is 3.51. The zero-order chi connectivity index (χ0) is 20.9. The third-order valence-electron chi connectivity index (χ3n) is 4.84. The predicted molar refractivity (Wildman–Crippen MR) is 121 cm³/mol. The van der Waals surface area contributed by atoms with Crippen molar-refractivity contribution in [1.82, 2.24) is 9.97 Å². The van der Waals surface area contributed by atoms with E-state index in [-0.39, 0.29) is 12.3 Å². The average molecular weight is 468 g/mol. The van der Waals surface area contributed by atoms with Crippen molar-refractivity contribution in [3.05, 3.63) is 64.8 Å². The zero-order valence-corrected chi connectivity index (χ0v) is 17.9. The van der Waals surface area contributed by atoms with Crippen LogP contribution in [0, 0.1) is 0 Å². The van der Waals surface area contributed by atoms with Gasteiger partial charge in [-0.15, -0.1) is 0 Å². The Morgan fingerprint density at radius 2 is 1.90 bits per heavy atom. The van der Waals surface area contributed by atoms with E-state index in [1.165, 1.54) is 0 Å². The lowest BCUT2D eigenvalue weighted by Gasteiger charge is -2.29. The molecule has 30 heavy (non-hydrogen) atoms. The second-order valence-electron chi connectivity index (χ2n) is 7.00. The van der Waals surface area contributed by atoms with E-state index in [1.807, 2.05) is 42.5 Å². The number of nitrogens with two attached hydrogens (primary N) is 1. The summed E-state index contributed by atoms with van der Waals surface area (Å²) in [6.07, 6.45) is 1.95. The van der Waals surface area contributed by atoms with Crippen LogP contribution in [0.3, 0.4) is 0 Å². The number of carbonyl (C=O) groups is 1. The summed E-state index contributed by atoms with van der Waals surface area (Å²) >= 11 is 3.67. The van der Waals surface area contributed by atoms with Gasteiger partial charge in [0.25, 0.3) is 0 Å². The molecule has 0 unspecified atom stereocenters. The second-order valence-corrected chi connectivity index (χ2v) is 7.85. The van der Waals surface area contributed by atoms with Crippen molar-refractivity contribution in [1.29, 1.82) is 0 Å². The lowest BCUT2D eigenvalue weighted by Crippen LogP contribution is -2.36. The summed E-state index contributed by atoms with van der Waals surface area (Å²) in [6.45, 7) is 3.26. The molecule has 1 aliphatic heterocycles. The van der Waals surface area contributed by atoms with E-state index >= 15 is 0 Å². The summed E-state index contributed by atoms with van der Waals surface area (Å²) in [4.78, 5) is 22.3. The number of hydrogen-bond donors (Lipinski definition) is 2. The van der Waals surface area contributed by atoms with Crippen molar-refractivity contribution in [2.24, 2.45) is 5.73 Å². The van der Waals surface area contributed by atoms with E-state index in [2.05, 4.69) is 42.2 Å². The third kappa shape index (κ3) is 4.95. The summed E-state index contributed by atoms with van der Waals surface area (Å²) in [5.41, 5.74) is 9.91. The van der Waals surface area contributed by atoms with Crippen molar-refractivity contribution >= 4 is 39.2 Å². The highest BCUT2D eigenvalue weighted by Crippen LogP contribution is 2.31. The molecule has 0 radical (unpaired) electrons. The Hall–Kier alpha value is -2.97.